The molecule has 2 nitrogen and oxygen atoms in total. The highest BCUT2D eigenvalue weighted by Crippen LogP contribution is 2.17. The number of hydrogen-bond donors (Lipinski definition) is 1. The van der Waals surface area contributed by atoms with Gasteiger partial charge in [-0.3, -0.25) is 0 Å². The Balaban J connectivity index is 2.05. The highest BCUT2D eigenvalue weighted by Gasteiger charge is 2.02. The lowest BCUT2D eigenvalue weighted by Crippen LogP contribution is -2.25. The van der Waals surface area contributed by atoms with Crippen molar-refractivity contribution in [3.63, 3.8) is 0 Å². The van der Waals surface area contributed by atoms with E-state index in [0.29, 0.717) is 6.54 Å². The van der Waals surface area contributed by atoms with Crippen molar-refractivity contribution >= 4 is 29.2 Å². The third-order valence-electron chi connectivity index (χ3n) is 2.99. The summed E-state index contributed by atoms with van der Waals surface area (Å²) >= 11 is 1.74. The van der Waals surface area contributed by atoms with Crippen LogP contribution in [0.2, 0.25) is 0 Å². The van der Waals surface area contributed by atoms with Crippen LogP contribution in [-0.2, 0) is 0 Å². The summed E-state index contributed by atoms with van der Waals surface area (Å²) in [7, 11) is 0. The summed E-state index contributed by atoms with van der Waals surface area (Å²) in [5.74, 6) is 0. The van der Waals surface area contributed by atoms with E-state index in [0.717, 1.165) is 12.2 Å². The average molecular weight is 273 g/mol. The minimum Gasteiger partial charge on any atom is -0.395 e. The molecule has 19 heavy (non-hydrogen) atoms. The lowest BCUT2D eigenvalue weighted by molar-refractivity contribution is 0.302. The van der Waals surface area contributed by atoms with Crippen LogP contribution in [0.1, 0.15) is 17.4 Å². The predicted molar refractivity (Wildman–Crippen MR) is 84.7 cm³/mol. The molecule has 1 N–H and O–H groups in total. The lowest BCUT2D eigenvalue weighted by Gasteiger charge is -2.21. The van der Waals surface area contributed by atoms with Crippen LogP contribution in [0.25, 0.3) is 12.2 Å². The molecule has 1 aromatic carbocycles. The molecule has 0 aliphatic rings. The van der Waals surface area contributed by atoms with Gasteiger partial charge in [0.25, 0.3) is 0 Å². The van der Waals surface area contributed by atoms with Gasteiger partial charge in [0.15, 0.2) is 0 Å². The maximum Gasteiger partial charge on any atom is 0.0606 e. The monoisotopic (exact) mass is 273 g/mol. The highest BCUT2D eigenvalue weighted by atomic mass is 32.1. The Morgan fingerprint density at radius 3 is 2.53 bits per heavy atom. The lowest BCUT2D eigenvalue weighted by atomic mass is 10.1. The Morgan fingerprint density at radius 2 is 1.95 bits per heavy atom. The maximum absolute atomic E-state index is 9.02. The smallest absolute Gasteiger partial charge is 0.0606 e. The van der Waals surface area contributed by atoms with E-state index in [9.17, 15) is 0 Å². The van der Waals surface area contributed by atoms with E-state index in [4.69, 9.17) is 5.11 Å². The molecular formula is C16H19NOS. The first kappa shape index (κ1) is 13.8. The van der Waals surface area contributed by atoms with Crippen LogP contribution in [0.4, 0.5) is 5.69 Å². The second kappa shape index (κ2) is 7.12. The van der Waals surface area contributed by atoms with E-state index in [1.807, 2.05) is 0 Å². The van der Waals surface area contributed by atoms with Gasteiger partial charge in [0.1, 0.15) is 0 Å². The summed E-state index contributed by atoms with van der Waals surface area (Å²) in [5, 5.41) is 11.1. The van der Waals surface area contributed by atoms with Gasteiger partial charge in [0, 0.05) is 23.7 Å². The van der Waals surface area contributed by atoms with Crippen LogP contribution in [0.3, 0.4) is 0 Å². The molecule has 1 heterocycles. The fourth-order valence-corrected chi connectivity index (χ4v) is 2.57. The molecule has 100 valence electrons. The SMILES string of the molecule is CCN(CCO)c1ccc(C=Cc2cccs2)cc1. The predicted octanol–water partition coefficient (Wildman–Crippen LogP) is 3.74. The molecular weight excluding hydrogens is 254 g/mol. The number of benzene rings is 1. The molecule has 0 amide bonds. The zero-order valence-electron chi connectivity index (χ0n) is 11.1. The van der Waals surface area contributed by atoms with Gasteiger partial charge in [-0.05, 0) is 42.1 Å². The van der Waals surface area contributed by atoms with Gasteiger partial charge in [-0.25, -0.2) is 0 Å². The summed E-state index contributed by atoms with van der Waals surface area (Å²) in [6.07, 6.45) is 4.25. The number of anilines is 1. The van der Waals surface area contributed by atoms with Gasteiger partial charge in [0.05, 0.1) is 6.61 Å². The Bertz CT molecular complexity index is 502. The minimum absolute atomic E-state index is 0.188. The zero-order chi connectivity index (χ0) is 13.5. The molecule has 0 unspecified atom stereocenters. The molecule has 1 aromatic heterocycles. The number of aliphatic hydroxyl groups excluding tert-OH is 1. The van der Waals surface area contributed by atoms with Crippen LogP contribution in [0.15, 0.2) is 41.8 Å². The molecule has 3 heteroatoms. The molecule has 0 aliphatic heterocycles. The van der Waals surface area contributed by atoms with Crippen LogP contribution >= 0.6 is 11.3 Å². The Morgan fingerprint density at radius 1 is 1.16 bits per heavy atom. The van der Waals surface area contributed by atoms with Crippen molar-refractivity contribution in [2.45, 2.75) is 6.92 Å². The second-order valence-electron chi connectivity index (χ2n) is 4.24. The van der Waals surface area contributed by atoms with Crippen molar-refractivity contribution in [3.05, 3.63) is 52.2 Å². The summed E-state index contributed by atoms with van der Waals surface area (Å²) in [5.41, 5.74) is 2.35. The molecule has 0 spiro atoms. The first-order valence-electron chi connectivity index (χ1n) is 6.51. The quantitative estimate of drug-likeness (QED) is 0.866. The molecule has 0 aliphatic carbocycles. The number of hydrogen-bond acceptors (Lipinski definition) is 3. The second-order valence-corrected chi connectivity index (χ2v) is 5.22. The minimum atomic E-state index is 0.188. The molecule has 0 radical (unpaired) electrons. The standard InChI is InChI=1S/C16H19NOS/c1-2-17(11-12-18)15-8-5-14(6-9-15)7-10-16-4-3-13-19-16/h3-10,13,18H,2,11-12H2,1H3. The van der Waals surface area contributed by atoms with E-state index >= 15 is 0 Å². The number of aliphatic hydroxyl groups is 1. The van der Waals surface area contributed by atoms with E-state index in [2.05, 4.69) is 65.8 Å². The van der Waals surface area contributed by atoms with Crippen molar-refractivity contribution in [2.24, 2.45) is 0 Å². The molecule has 0 bridgehead atoms. The number of likely N-dealkylation sites (N-methyl/N-ethyl adjacent to an activating group) is 1. The first-order chi connectivity index (χ1) is 9.33. The molecule has 0 saturated carbocycles. The maximum atomic E-state index is 9.02. The molecule has 0 atom stereocenters. The Labute approximate surface area is 118 Å². The van der Waals surface area contributed by atoms with E-state index in [1.54, 1.807) is 11.3 Å². The topological polar surface area (TPSA) is 23.5 Å². The van der Waals surface area contributed by atoms with Crippen LogP contribution in [-0.4, -0.2) is 24.8 Å². The number of thiophene rings is 1. The van der Waals surface area contributed by atoms with E-state index in [-0.39, 0.29) is 6.61 Å². The van der Waals surface area contributed by atoms with Crippen molar-refractivity contribution in [2.75, 3.05) is 24.6 Å². The van der Waals surface area contributed by atoms with Crippen molar-refractivity contribution < 1.29 is 5.11 Å². The van der Waals surface area contributed by atoms with Gasteiger partial charge in [-0.1, -0.05) is 24.3 Å². The third-order valence-corrected chi connectivity index (χ3v) is 3.83. The van der Waals surface area contributed by atoms with Crippen molar-refractivity contribution in [3.8, 4) is 0 Å². The summed E-state index contributed by atoms with van der Waals surface area (Å²) in [4.78, 5) is 3.42. The first-order valence-corrected chi connectivity index (χ1v) is 7.39. The Hall–Kier alpha value is -1.58. The van der Waals surface area contributed by atoms with Crippen LogP contribution in [0, 0.1) is 0 Å². The van der Waals surface area contributed by atoms with E-state index in [1.165, 1.54) is 10.4 Å². The molecule has 2 rings (SSSR count). The van der Waals surface area contributed by atoms with Gasteiger partial charge in [-0.15, -0.1) is 11.3 Å². The fraction of sp³-hybridized carbons (Fsp3) is 0.250. The highest BCUT2D eigenvalue weighted by molar-refractivity contribution is 7.10. The van der Waals surface area contributed by atoms with Crippen molar-refractivity contribution in [1.82, 2.24) is 0 Å². The van der Waals surface area contributed by atoms with E-state index < -0.39 is 0 Å². The fourth-order valence-electron chi connectivity index (χ4n) is 1.95. The van der Waals surface area contributed by atoms with Crippen LogP contribution < -0.4 is 4.90 Å². The number of rotatable bonds is 6. The largest absolute Gasteiger partial charge is 0.395 e. The van der Waals surface area contributed by atoms with Gasteiger partial charge >= 0.3 is 0 Å². The van der Waals surface area contributed by atoms with Gasteiger partial charge in [-0.2, -0.15) is 0 Å². The summed E-state index contributed by atoms with van der Waals surface area (Å²) in [6.45, 7) is 3.87. The van der Waals surface area contributed by atoms with Crippen LogP contribution in [0.5, 0.6) is 0 Å². The summed E-state index contributed by atoms with van der Waals surface area (Å²) < 4.78 is 0. The molecule has 2 aromatic rings. The Kier molecular flexibility index (Phi) is 5.19. The average Bonchev–Trinajstić information content (AvgIpc) is 2.96. The number of nitrogens with zero attached hydrogens (tertiary/aromatic N) is 1. The molecule has 0 saturated heterocycles. The molecule has 0 fully saturated rings. The van der Waals surface area contributed by atoms with Crippen molar-refractivity contribution in [1.29, 1.82) is 0 Å². The zero-order valence-corrected chi connectivity index (χ0v) is 11.9. The summed E-state index contributed by atoms with van der Waals surface area (Å²) in [6, 6.07) is 12.6. The third kappa shape index (κ3) is 3.94. The van der Waals surface area contributed by atoms with Gasteiger partial charge in [0.2, 0.25) is 0 Å². The van der Waals surface area contributed by atoms with Gasteiger partial charge < -0.3 is 10.0 Å². The normalized spacial score (nSPS) is 11.1.